The number of carboxylic acids is 1. The lowest BCUT2D eigenvalue weighted by molar-refractivity contribution is -0.136. The van der Waals surface area contributed by atoms with Crippen molar-refractivity contribution >= 4 is 16.9 Å². The molecule has 0 atom stereocenters. The first-order chi connectivity index (χ1) is 7.18. The van der Waals surface area contributed by atoms with E-state index in [0.717, 1.165) is 5.39 Å². The highest BCUT2D eigenvalue weighted by Gasteiger charge is 2.11. The standard InChI is InChI=1S/C11H9FO3/c12-9-3-1-7-5-6-15-11(7)8(9)2-4-10(13)14/h1,3,5-6H,2,4H2,(H,13,14). The number of furan rings is 1. The number of hydrogen-bond donors (Lipinski definition) is 1. The van der Waals surface area contributed by atoms with Crippen LogP contribution in [0.3, 0.4) is 0 Å². The van der Waals surface area contributed by atoms with Crippen molar-refractivity contribution in [3.8, 4) is 0 Å². The van der Waals surface area contributed by atoms with Crippen LogP contribution in [0.4, 0.5) is 4.39 Å². The van der Waals surface area contributed by atoms with Crippen LogP contribution in [0.5, 0.6) is 0 Å². The molecule has 15 heavy (non-hydrogen) atoms. The lowest BCUT2D eigenvalue weighted by Gasteiger charge is -2.01. The molecule has 2 rings (SSSR count). The van der Waals surface area contributed by atoms with Gasteiger partial charge in [0.15, 0.2) is 0 Å². The predicted octanol–water partition coefficient (Wildman–Crippen LogP) is 2.59. The first-order valence-corrected chi connectivity index (χ1v) is 4.55. The first kappa shape index (κ1) is 9.71. The van der Waals surface area contributed by atoms with E-state index in [-0.39, 0.29) is 12.8 Å². The van der Waals surface area contributed by atoms with Gasteiger partial charge >= 0.3 is 5.97 Å². The number of aryl methyl sites for hydroxylation is 1. The molecule has 0 saturated carbocycles. The fraction of sp³-hybridized carbons (Fsp3) is 0.182. The van der Waals surface area contributed by atoms with Gasteiger partial charge in [0.2, 0.25) is 0 Å². The molecule has 4 heteroatoms. The van der Waals surface area contributed by atoms with Gasteiger partial charge in [-0.2, -0.15) is 0 Å². The van der Waals surface area contributed by atoms with Gasteiger partial charge in [0.05, 0.1) is 6.26 Å². The number of halogens is 1. The number of carboxylic acid groups (broad SMARTS) is 1. The van der Waals surface area contributed by atoms with Gasteiger partial charge in [0.1, 0.15) is 11.4 Å². The minimum absolute atomic E-state index is 0.100. The zero-order chi connectivity index (χ0) is 10.8. The number of aliphatic carboxylic acids is 1. The smallest absolute Gasteiger partial charge is 0.303 e. The number of benzene rings is 1. The molecule has 0 unspecified atom stereocenters. The number of fused-ring (bicyclic) bond motifs is 1. The van der Waals surface area contributed by atoms with E-state index in [1.807, 2.05) is 0 Å². The Balaban J connectivity index is 2.42. The maximum Gasteiger partial charge on any atom is 0.303 e. The highest BCUT2D eigenvalue weighted by molar-refractivity contribution is 5.81. The summed E-state index contributed by atoms with van der Waals surface area (Å²) in [6.45, 7) is 0. The van der Waals surface area contributed by atoms with E-state index < -0.39 is 11.8 Å². The molecule has 0 bridgehead atoms. The van der Waals surface area contributed by atoms with Crippen molar-refractivity contribution in [2.24, 2.45) is 0 Å². The maximum absolute atomic E-state index is 13.4. The predicted molar refractivity (Wildman–Crippen MR) is 52.1 cm³/mol. The van der Waals surface area contributed by atoms with Crippen LogP contribution in [0.25, 0.3) is 11.0 Å². The Morgan fingerprint density at radius 3 is 2.93 bits per heavy atom. The molecule has 1 heterocycles. The lowest BCUT2D eigenvalue weighted by atomic mass is 10.1. The minimum Gasteiger partial charge on any atom is -0.481 e. The molecule has 0 spiro atoms. The van der Waals surface area contributed by atoms with Crippen LogP contribution < -0.4 is 0 Å². The first-order valence-electron chi connectivity index (χ1n) is 4.55. The molecule has 1 N–H and O–H groups in total. The van der Waals surface area contributed by atoms with Crippen molar-refractivity contribution in [1.82, 2.24) is 0 Å². The molecule has 0 aliphatic heterocycles. The molecule has 0 saturated heterocycles. The largest absolute Gasteiger partial charge is 0.481 e. The van der Waals surface area contributed by atoms with E-state index in [1.54, 1.807) is 12.1 Å². The van der Waals surface area contributed by atoms with Crippen molar-refractivity contribution in [2.75, 3.05) is 0 Å². The molecule has 78 valence electrons. The van der Waals surface area contributed by atoms with Crippen LogP contribution in [0, 0.1) is 5.82 Å². The van der Waals surface area contributed by atoms with Crippen LogP contribution in [-0.4, -0.2) is 11.1 Å². The molecule has 1 aromatic carbocycles. The van der Waals surface area contributed by atoms with E-state index in [1.165, 1.54) is 12.3 Å². The van der Waals surface area contributed by atoms with Gasteiger partial charge in [-0.15, -0.1) is 0 Å². The zero-order valence-electron chi connectivity index (χ0n) is 7.87. The van der Waals surface area contributed by atoms with Crippen LogP contribution in [0.15, 0.2) is 28.9 Å². The molecule has 0 aliphatic carbocycles. The summed E-state index contributed by atoms with van der Waals surface area (Å²) >= 11 is 0. The average molecular weight is 208 g/mol. The van der Waals surface area contributed by atoms with Crippen molar-refractivity contribution in [2.45, 2.75) is 12.8 Å². The third-order valence-electron chi connectivity index (χ3n) is 2.26. The Kier molecular flexibility index (Phi) is 2.41. The SMILES string of the molecule is O=C(O)CCc1c(F)ccc2ccoc12. The summed E-state index contributed by atoms with van der Waals surface area (Å²) in [5.74, 6) is -1.36. The van der Waals surface area contributed by atoms with Crippen molar-refractivity contribution in [3.63, 3.8) is 0 Å². The van der Waals surface area contributed by atoms with Gasteiger partial charge in [-0.05, 0) is 24.6 Å². The molecule has 0 aliphatic rings. The molecule has 0 amide bonds. The normalized spacial score (nSPS) is 10.7. The third kappa shape index (κ3) is 1.83. The van der Waals surface area contributed by atoms with Crippen LogP contribution in [0.2, 0.25) is 0 Å². The second kappa shape index (κ2) is 3.73. The van der Waals surface area contributed by atoms with E-state index in [0.29, 0.717) is 11.1 Å². The van der Waals surface area contributed by atoms with Crippen LogP contribution in [0.1, 0.15) is 12.0 Å². The molecular weight excluding hydrogens is 199 g/mol. The van der Waals surface area contributed by atoms with Gasteiger partial charge in [0, 0.05) is 17.4 Å². The van der Waals surface area contributed by atoms with Gasteiger partial charge in [-0.25, -0.2) is 4.39 Å². The second-order valence-electron chi connectivity index (χ2n) is 3.26. The Morgan fingerprint density at radius 1 is 1.40 bits per heavy atom. The summed E-state index contributed by atoms with van der Waals surface area (Å²) in [5, 5.41) is 9.32. The van der Waals surface area contributed by atoms with Gasteiger partial charge in [-0.3, -0.25) is 4.79 Å². The minimum atomic E-state index is -0.946. The third-order valence-corrected chi connectivity index (χ3v) is 2.26. The fourth-order valence-electron chi connectivity index (χ4n) is 1.53. The van der Waals surface area contributed by atoms with Crippen molar-refractivity contribution in [3.05, 3.63) is 35.8 Å². The van der Waals surface area contributed by atoms with Gasteiger partial charge < -0.3 is 9.52 Å². The molecule has 0 fully saturated rings. The van der Waals surface area contributed by atoms with E-state index in [9.17, 15) is 9.18 Å². The van der Waals surface area contributed by atoms with Crippen molar-refractivity contribution < 1.29 is 18.7 Å². The zero-order valence-corrected chi connectivity index (χ0v) is 7.87. The molecule has 1 aromatic heterocycles. The van der Waals surface area contributed by atoms with Gasteiger partial charge in [0.25, 0.3) is 0 Å². The topological polar surface area (TPSA) is 50.4 Å². The summed E-state index contributed by atoms with van der Waals surface area (Å²) in [7, 11) is 0. The van der Waals surface area contributed by atoms with Crippen LogP contribution >= 0.6 is 0 Å². The highest BCUT2D eigenvalue weighted by Crippen LogP contribution is 2.23. The summed E-state index contributed by atoms with van der Waals surface area (Å²) in [5.41, 5.74) is 0.774. The molecule has 0 radical (unpaired) electrons. The summed E-state index contributed by atoms with van der Waals surface area (Å²) in [6, 6.07) is 4.66. The summed E-state index contributed by atoms with van der Waals surface area (Å²) < 4.78 is 18.5. The van der Waals surface area contributed by atoms with E-state index in [4.69, 9.17) is 9.52 Å². The van der Waals surface area contributed by atoms with E-state index >= 15 is 0 Å². The van der Waals surface area contributed by atoms with Crippen molar-refractivity contribution in [1.29, 1.82) is 0 Å². The van der Waals surface area contributed by atoms with E-state index in [2.05, 4.69) is 0 Å². The Bertz CT molecular complexity index is 502. The number of carbonyl (C=O) groups is 1. The summed E-state index contributed by atoms with van der Waals surface area (Å²) in [6.07, 6.45) is 1.51. The molecular formula is C11H9FO3. The number of hydrogen-bond acceptors (Lipinski definition) is 2. The lowest BCUT2D eigenvalue weighted by Crippen LogP contribution is -1.99. The maximum atomic E-state index is 13.4. The Labute approximate surface area is 85.1 Å². The average Bonchev–Trinajstić information content (AvgIpc) is 2.63. The Hall–Kier alpha value is -1.84. The highest BCUT2D eigenvalue weighted by atomic mass is 19.1. The second-order valence-corrected chi connectivity index (χ2v) is 3.26. The molecule has 3 nitrogen and oxygen atoms in total. The summed E-state index contributed by atoms with van der Waals surface area (Å²) in [4.78, 5) is 10.4. The number of rotatable bonds is 3. The van der Waals surface area contributed by atoms with Gasteiger partial charge in [-0.1, -0.05) is 0 Å². The van der Waals surface area contributed by atoms with Crippen LogP contribution in [-0.2, 0) is 11.2 Å². The Morgan fingerprint density at radius 2 is 2.20 bits per heavy atom. The fourth-order valence-corrected chi connectivity index (χ4v) is 1.53. The monoisotopic (exact) mass is 208 g/mol. The molecule has 2 aromatic rings. The quantitative estimate of drug-likeness (QED) is 0.843.